The number of aromatic amines is 1. The molecule has 1 aromatic carbocycles. The van der Waals surface area contributed by atoms with Crippen molar-refractivity contribution in [2.45, 2.75) is 38.4 Å². The topological polar surface area (TPSA) is 79.9 Å². The number of amides is 1. The van der Waals surface area contributed by atoms with Crippen molar-refractivity contribution in [3.8, 4) is 0 Å². The van der Waals surface area contributed by atoms with Gasteiger partial charge in [0.2, 0.25) is 5.91 Å². The number of aromatic nitrogens is 3. The van der Waals surface area contributed by atoms with Crippen LogP contribution in [0.15, 0.2) is 18.2 Å². The number of nitrogens with zero attached hydrogens (tertiary/aromatic N) is 2. The maximum absolute atomic E-state index is 13.0. The molecule has 1 aliphatic heterocycles. The van der Waals surface area contributed by atoms with Crippen molar-refractivity contribution in [3.05, 3.63) is 46.3 Å². The molecule has 1 fully saturated rings. The first kappa shape index (κ1) is 16.9. The summed E-state index contributed by atoms with van der Waals surface area (Å²) in [6.45, 7) is 2.25. The molecule has 8 heteroatoms. The number of rotatable bonds is 5. The normalized spacial score (nSPS) is 20.3. The lowest BCUT2D eigenvalue weighted by molar-refractivity contribution is -0.121. The van der Waals surface area contributed by atoms with Crippen molar-refractivity contribution in [1.29, 1.82) is 0 Å². The molecule has 2 heterocycles. The Morgan fingerprint density at radius 3 is 3.04 bits per heavy atom. The van der Waals surface area contributed by atoms with Gasteiger partial charge in [-0.3, -0.25) is 9.89 Å². The van der Waals surface area contributed by atoms with Crippen LogP contribution in [0.5, 0.6) is 0 Å². The molecule has 6 nitrogen and oxygen atoms in total. The molecule has 2 N–H and O–H groups in total. The van der Waals surface area contributed by atoms with E-state index in [9.17, 15) is 9.18 Å². The van der Waals surface area contributed by atoms with Gasteiger partial charge in [0.05, 0.1) is 12.5 Å². The first-order valence-electron chi connectivity index (χ1n) is 7.76. The summed E-state index contributed by atoms with van der Waals surface area (Å²) >= 11 is 5.93. The van der Waals surface area contributed by atoms with Crippen LogP contribution in [-0.4, -0.2) is 33.7 Å². The van der Waals surface area contributed by atoms with Gasteiger partial charge >= 0.3 is 0 Å². The van der Waals surface area contributed by atoms with E-state index in [0.717, 1.165) is 18.7 Å². The second kappa shape index (κ2) is 7.27. The minimum Gasteiger partial charge on any atom is -0.365 e. The van der Waals surface area contributed by atoms with E-state index in [1.165, 1.54) is 18.2 Å². The zero-order valence-corrected chi connectivity index (χ0v) is 13.9. The average Bonchev–Trinajstić information content (AvgIpc) is 3.17. The van der Waals surface area contributed by atoms with E-state index in [4.69, 9.17) is 16.3 Å². The van der Waals surface area contributed by atoms with Crippen LogP contribution in [0.4, 0.5) is 4.39 Å². The van der Waals surface area contributed by atoms with Gasteiger partial charge in [0.1, 0.15) is 17.7 Å². The number of hydrogen-bond acceptors (Lipinski definition) is 4. The fourth-order valence-corrected chi connectivity index (χ4v) is 2.91. The van der Waals surface area contributed by atoms with E-state index in [-0.39, 0.29) is 29.6 Å². The van der Waals surface area contributed by atoms with Crippen LogP contribution in [0.1, 0.15) is 36.2 Å². The summed E-state index contributed by atoms with van der Waals surface area (Å²) in [4.78, 5) is 16.3. The molecule has 0 radical (unpaired) electrons. The highest BCUT2D eigenvalue weighted by Crippen LogP contribution is 2.30. The molecule has 1 aromatic heterocycles. The highest BCUT2D eigenvalue weighted by Gasteiger charge is 2.29. The lowest BCUT2D eigenvalue weighted by Gasteiger charge is -2.13. The maximum atomic E-state index is 13.0. The Bertz CT molecular complexity index is 737. The van der Waals surface area contributed by atoms with Gasteiger partial charge in [-0.25, -0.2) is 9.37 Å². The maximum Gasteiger partial charge on any atom is 0.224 e. The van der Waals surface area contributed by atoms with Crippen LogP contribution < -0.4 is 5.32 Å². The Labute approximate surface area is 143 Å². The molecule has 0 bridgehead atoms. The van der Waals surface area contributed by atoms with Crippen molar-refractivity contribution in [2.75, 3.05) is 6.54 Å². The molecule has 0 unspecified atom stereocenters. The molecule has 2 aromatic rings. The number of carbonyl (C=O) groups is 1. The Morgan fingerprint density at radius 2 is 2.33 bits per heavy atom. The fraction of sp³-hybridized carbons (Fsp3) is 0.438. The lowest BCUT2D eigenvalue weighted by atomic mass is 10.1. The van der Waals surface area contributed by atoms with E-state index in [2.05, 4.69) is 20.5 Å². The molecular formula is C16H18ClFN4O2. The number of carbonyl (C=O) groups excluding carboxylic acids is 1. The van der Waals surface area contributed by atoms with Crippen molar-refractivity contribution >= 4 is 17.5 Å². The Hall–Kier alpha value is -1.99. The van der Waals surface area contributed by atoms with Crippen molar-refractivity contribution < 1.29 is 13.9 Å². The van der Waals surface area contributed by atoms with Crippen LogP contribution in [-0.2, 0) is 16.0 Å². The minimum absolute atomic E-state index is 0.0681. The van der Waals surface area contributed by atoms with Gasteiger partial charge in [0.25, 0.3) is 0 Å². The number of halogens is 2. The number of H-pyrrole nitrogens is 1. The standard InChI is InChI=1S/C16H18ClFN4O2/c1-9-20-16(22-21-9)14-5-4-12(24-14)8-19-15(23)6-10-2-3-11(18)7-13(10)17/h2-3,7,12,14H,4-6,8H2,1H3,(H,19,23)(H,20,21,22)/t12-,14+/m1/s1. The van der Waals surface area contributed by atoms with Gasteiger partial charge < -0.3 is 10.1 Å². The molecular weight excluding hydrogens is 335 g/mol. The molecule has 0 saturated carbocycles. The van der Waals surface area contributed by atoms with Crippen molar-refractivity contribution in [3.63, 3.8) is 0 Å². The third-order valence-electron chi connectivity index (χ3n) is 3.90. The van der Waals surface area contributed by atoms with E-state index in [1.807, 2.05) is 6.92 Å². The lowest BCUT2D eigenvalue weighted by Crippen LogP contribution is -2.33. The highest BCUT2D eigenvalue weighted by atomic mass is 35.5. The number of nitrogens with one attached hydrogen (secondary N) is 2. The Morgan fingerprint density at radius 1 is 1.50 bits per heavy atom. The third-order valence-corrected chi connectivity index (χ3v) is 4.25. The van der Waals surface area contributed by atoms with Gasteiger partial charge in [-0.1, -0.05) is 17.7 Å². The van der Waals surface area contributed by atoms with Crippen LogP contribution >= 0.6 is 11.6 Å². The molecule has 0 aliphatic carbocycles. The smallest absolute Gasteiger partial charge is 0.224 e. The van der Waals surface area contributed by atoms with Crippen LogP contribution in [0.3, 0.4) is 0 Å². The number of hydrogen-bond donors (Lipinski definition) is 2. The Kier molecular flexibility index (Phi) is 5.11. The first-order chi connectivity index (χ1) is 11.5. The molecule has 1 amide bonds. The van der Waals surface area contributed by atoms with Gasteiger partial charge in [0, 0.05) is 11.6 Å². The Balaban J connectivity index is 1.47. The largest absolute Gasteiger partial charge is 0.365 e. The molecule has 0 spiro atoms. The monoisotopic (exact) mass is 352 g/mol. The van der Waals surface area contributed by atoms with Gasteiger partial charge in [0.15, 0.2) is 5.82 Å². The van der Waals surface area contributed by atoms with Gasteiger partial charge in [-0.05, 0) is 37.5 Å². The first-order valence-corrected chi connectivity index (χ1v) is 8.14. The number of benzene rings is 1. The molecule has 1 saturated heterocycles. The zero-order valence-electron chi connectivity index (χ0n) is 13.2. The van der Waals surface area contributed by atoms with E-state index >= 15 is 0 Å². The van der Waals surface area contributed by atoms with Gasteiger partial charge in [-0.15, -0.1) is 0 Å². The van der Waals surface area contributed by atoms with Crippen LogP contribution in [0, 0.1) is 12.7 Å². The van der Waals surface area contributed by atoms with Gasteiger partial charge in [-0.2, -0.15) is 5.10 Å². The molecule has 3 rings (SSSR count). The molecule has 2 atom stereocenters. The fourth-order valence-electron chi connectivity index (χ4n) is 2.68. The second-order valence-electron chi connectivity index (χ2n) is 5.82. The highest BCUT2D eigenvalue weighted by molar-refractivity contribution is 6.31. The van der Waals surface area contributed by atoms with E-state index in [1.54, 1.807) is 0 Å². The minimum atomic E-state index is -0.420. The summed E-state index contributed by atoms with van der Waals surface area (Å²) in [5.41, 5.74) is 0.594. The van der Waals surface area contributed by atoms with E-state index in [0.29, 0.717) is 17.9 Å². The predicted molar refractivity (Wildman–Crippen MR) is 86.1 cm³/mol. The summed E-state index contributed by atoms with van der Waals surface area (Å²) in [6.07, 6.45) is 1.55. The van der Waals surface area contributed by atoms with Crippen LogP contribution in [0.25, 0.3) is 0 Å². The third kappa shape index (κ3) is 4.10. The molecule has 1 aliphatic rings. The number of ether oxygens (including phenoxy) is 1. The molecule has 128 valence electrons. The average molecular weight is 353 g/mol. The van der Waals surface area contributed by atoms with Crippen molar-refractivity contribution in [1.82, 2.24) is 20.5 Å². The quantitative estimate of drug-likeness (QED) is 0.866. The summed E-state index contributed by atoms with van der Waals surface area (Å²) in [6, 6.07) is 4.01. The summed E-state index contributed by atoms with van der Waals surface area (Å²) in [5, 5.41) is 9.98. The SMILES string of the molecule is Cc1nc([C@@H]2CC[C@H](CNC(=O)Cc3ccc(F)cc3Cl)O2)n[nH]1. The number of aryl methyl sites for hydroxylation is 1. The molecule has 24 heavy (non-hydrogen) atoms. The summed E-state index contributed by atoms with van der Waals surface area (Å²) in [5.74, 6) is 0.807. The second-order valence-corrected chi connectivity index (χ2v) is 6.23. The summed E-state index contributed by atoms with van der Waals surface area (Å²) in [7, 11) is 0. The van der Waals surface area contributed by atoms with E-state index < -0.39 is 5.82 Å². The predicted octanol–water partition coefficient (Wildman–Crippen LogP) is 2.48. The van der Waals surface area contributed by atoms with Crippen molar-refractivity contribution in [2.24, 2.45) is 0 Å². The summed E-state index contributed by atoms with van der Waals surface area (Å²) < 4.78 is 18.9. The zero-order chi connectivity index (χ0) is 17.1. The van der Waals surface area contributed by atoms with Crippen LogP contribution in [0.2, 0.25) is 5.02 Å².